The van der Waals surface area contributed by atoms with E-state index < -0.39 is 47.1 Å². The topological polar surface area (TPSA) is 51.2 Å². The summed E-state index contributed by atoms with van der Waals surface area (Å²) in [5.41, 5.74) is -2.34. The fraction of sp³-hybridized carbons (Fsp3) is 0.182. The van der Waals surface area contributed by atoms with Gasteiger partial charge in [0.1, 0.15) is 5.82 Å². The highest BCUT2D eigenvalue weighted by atomic mass is 19.4. The molecule has 0 spiro atoms. The summed E-state index contributed by atoms with van der Waals surface area (Å²) in [4.78, 5) is 16.1. The Morgan fingerprint density at radius 1 is 0.969 bits per heavy atom. The van der Waals surface area contributed by atoms with Gasteiger partial charge in [-0.2, -0.15) is 22.0 Å². The SMILES string of the molecule is COc1ccc(-c2ccc(C(F)(F)CNC(=O)c3ccccc3C(F)(F)F)c(F)c2)cn1. The number of carbonyl (C=O) groups excluding carboxylic acids is 1. The first-order valence-electron chi connectivity index (χ1n) is 9.15. The fourth-order valence-electron chi connectivity index (χ4n) is 2.97. The zero-order chi connectivity index (χ0) is 23.5. The number of aromatic nitrogens is 1. The lowest BCUT2D eigenvalue weighted by Crippen LogP contribution is -2.36. The zero-order valence-corrected chi connectivity index (χ0v) is 16.5. The van der Waals surface area contributed by atoms with Gasteiger partial charge in [0.2, 0.25) is 5.88 Å². The molecular weight excluding hydrogens is 438 g/mol. The zero-order valence-electron chi connectivity index (χ0n) is 16.5. The smallest absolute Gasteiger partial charge is 0.417 e. The number of carbonyl (C=O) groups is 1. The Morgan fingerprint density at radius 3 is 2.25 bits per heavy atom. The predicted octanol–water partition coefficient (Wildman–Crippen LogP) is 5.44. The molecule has 1 amide bonds. The van der Waals surface area contributed by atoms with Gasteiger partial charge in [0.05, 0.1) is 30.3 Å². The monoisotopic (exact) mass is 454 g/mol. The summed E-state index contributed by atoms with van der Waals surface area (Å²) in [5.74, 6) is -6.14. The normalized spacial score (nSPS) is 11.8. The molecule has 0 aliphatic heterocycles. The highest BCUT2D eigenvalue weighted by Crippen LogP contribution is 2.34. The number of nitrogens with zero attached hydrogens (tertiary/aromatic N) is 1. The van der Waals surface area contributed by atoms with E-state index in [-0.39, 0.29) is 5.56 Å². The van der Waals surface area contributed by atoms with Crippen molar-refractivity contribution in [2.75, 3.05) is 13.7 Å². The Morgan fingerprint density at radius 2 is 1.66 bits per heavy atom. The van der Waals surface area contributed by atoms with Gasteiger partial charge < -0.3 is 10.1 Å². The molecule has 3 rings (SSSR count). The molecule has 0 fully saturated rings. The van der Waals surface area contributed by atoms with Crippen molar-refractivity contribution in [2.45, 2.75) is 12.1 Å². The molecule has 0 aliphatic carbocycles. The Hall–Kier alpha value is -3.56. The van der Waals surface area contributed by atoms with Crippen LogP contribution in [0.1, 0.15) is 21.5 Å². The van der Waals surface area contributed by atoms with Crippen molar-refractivity contribution in [3.63, 3.8) is 0 Å². The molecule has 10 heteroatoms. The molecule has 1 heterocycles. The summed E-state index contributed by atoms with van der Waals surface area (Å²) < 4.78 is 87.6. The van der Waals surface area contributed by atoms with Crippen LogP contribution in [0.4, 0.5) is 26.3 Å². The molecule has 3 aromatic rings. The summed E-state index contributed by atoms with van der Waals surface area (Å²) in [5, 5.41) is 1.76. The van der Waals surface area contributed by atoms with Gasteiger partial charge in [-0.05, 0) is 35.9 Å². The lowest BCUT2D eigenvalue weighted by Gasteiger charge is -2.19. The van der Waals surface area contributed by atoms with E-state index in [4.69, 9.17) is 4.74 Å². The number of nitrogens with one attached hydrogen (secondary N) is 1. The van der Waals surface area contributed by atoms with E-state index in [1.807, 2.05) is 0 Å². The van der Waals surface area contributed by atoms with Crippen LogP contribution in [0.5, 0.6) is 5.88 Å². The number of pyridine rings is 1. The second-order valence-corrected chi connectivity index (χ2v) is 6.71. The first-order chi connectivity index (χ1) is 15.0. The maximum Gasteiger partial charge on any atom is 0.417 e. The molecule has 0 atom stereocenters. The van der Waals surface area contributed by atoms with E-state index >= 15 is 0 Å². The van der Waals surface area contributed by atoms with Crippen LogP contribution in [0.25, 0.3) is 11.1 Å². The number of benzene rings is 2. The lowest BCUT2D eigenvalue weighted by molar-refractivity contribution is -0.137. The number of hydrogen-bond acceptors (Lipinski definition) is 3. The van der Waals surface area contributed by atoms with Gasteiger partial charge in [-0.3, -0.25) is 4.79 Å². The van der Waals surface area contributed by atoms with Crippen LogP contribution in [0.3, 0.4) is 0 Å². The molecule has 2 aromatic carbocycles. The lowest BCUT2D eigenvalue weighted by atomic mass is 10.0. The van der Waals surface area contributed by atoms with Crippen molar-refractivity contribution in [1.82, 2.24) is 10.3 Å². The van der Waals surface area contributed by atoms with Crippen LogP contribution < -0.4 is 10.1 Å². The van der Waals surface area contributed by atoms with Gasteiger partial charge in [0.15, 0.2) is 0 Å². The fourth-order valence-corrected chi connectivity index (χ4v) is 2.97. The van der Waals surface area contributed by atoms with E-state index in [1.165, 1.54) is 31.5 Å². The third-order valence-electron chi connectivity index (χ3n) is 4.59. The van der Waals surface area contributed by atoms with E-state index in [9.17, 15) is 31.1 Å². The number of rotatable bonds is 6. The van der Waals surface area contributed by atoms with E-state index in [2.05, 4.69) is 4.98 Å². The minimum Gasteiger partial charge on any atom is -0.481 e. The van der Waals surface area contributed by atoms with E-state index in [0.29, 0.717) is 17.5 Å². The molecule has 168 valence electrons. The third-order valence-corrected chi connectivity index (χ3v) is 4.59. The predicted molar refractivity (Wildman–Crippen MR) is 104 cm³/mol. The number of amides is 1. The number of hydrogen-bond donors (Lipinski definition) is 1. The van der Waals surface area contributed by atoms with Crippen LogP contribution in [0.15, 0.2) is 60.8 Å². The maximum absolute atomic E-state index is 14.6. The van der Waals surface area contributed by atoms with Crippen LogP contribution in [-0.4, -0.2) is 24.5 Å². The molecule has 0 radical (unpaired) electrons. The molecule has 1 N–H and O–H groups in total. The van der Waals surface area contributed by atoms with E-state index in [1.54, 1.807) is 11.4 Å². The maximum atomic E-state index is 14.6. The molecule has 0 saturated carbocycles. The van der Waals surface area contributed by atoms with E-state index in [0.717, 1.165) is 24.3 Å². The van der Waals surface area contributed by atoms with Gasteiger partial charge in [0, 0.05) is 17.8 Å². The van der Waals surface area contributed by atoms with Crippen LogP contribution in [-0.2, 0) is 12.1 Å². The molecule has 0 saturated heterocycles. The summed E-state index contributed by atoms with van der Waals surface area (Å²) in [6.45, 7) is -1.39. The molecule has 1 aromatic heterocycles. The Balaban J connectivity index is 1.77. The largest absolute Gasteiger partial charge is 0.481 e. The highest BCUT2D eigenvalue weighted by Gasteiger charge is 2.38. The molecular formula is C22H16F6N2O2. The van der Waals surface area contributed by atoms with Crippen LogP contribution in [0.2, 0.25) is 0 Å². The first kappa shape index (κ1) is 23.1. The standard InChI is InChI=1S/C22H16F6N2O2/c1-32-19-9-7-14(11-29-19)13-6-8-17(18(23)10-13)21(24,25)12-30-20(31)15-4-2-3-5-16(15)22(26,27)28/h2-11H,12H2,1H3,(H,30,31). The molecule has 0 aliphatic rings. The molecule has 4 nitrogen and oxygen atoms in total. The van der Waals surface area contributed by atoms with Crippen molar-refractivity contribution >= 4 is 5.91 Å². The molecule has 0 bridgehead atoms. The Kier molecular flexibility index (Phi) is 6.42. The first-order valence-corrected chi connectivity index (χ1v) is 9.15. The summed E-state index contributed by atoms with van der Waals surface area (Å²) in [7, 11) is 1.42. The quantitative estimate of drug-likeness (QED) is 0.505. The van der Waals surface area contributed by atoms with Crippen LogP contribution >= 0.6 is 0 Å². The number of methoxy groups -OCH3 is 1. The number of ether oxygens (including phenoxy) is 1. The second kappa shape index (κ2) is 8.89. The van der Waals surface area contributed by atoms with Gasteiger partial charge >= 0.3 is 6.18 Å². The van der Waals surface area contributed by atoms with Gasteiger partial charge in [-0.25, -0.2) is 9.37 Å². The van der Waals surface area contributed by atoms with Crippen molar-refractivity contribution in [3.05, 3.63) is 83.3 Å². The number of alkyl halides is 5. The number of halogens is 6. The average Bonchev–Trinajstić information content (AvgIpc) is 2.76. The van der Waals surface area contributed by atoms with Crippen molar-refractivity contribution in [1.29, 1.82) is 0 Å². The minimum absolute atomic E-state index is 0.278. The summed E-state index contributed by atoms with van der Waals surface area (Å²) >= 11 is 0. The molecule has 32 heavy (non-hydrogen) atoms. The Bertz CT molecular complexity index is 1110. The second-order valence-electron chi connectivity index (χ2n) is 6.71. The van der Waals surface area contributed by atoms with Gasteiger partial charge in [-0.1, -0.05) is 18.2 Å². The van der Waals surface area contributed by atoms with Gasteiger partial charge in [0.25, 0.3) is 11.8 Å². The van der Waals surface area contributed by atoms with Crippen molar-refractivity contribution in [3.8, 4) is 17.0 Å². The highest BCUT2D eigenvalue weighted by molar-refractivity contribution is 5.95. The molecule has 0 unspecified atom stereocenters. The summed E-state index contributed by atoms with van der Waals surface area (Å²) in [6, 6.07) is 9.85. The van der Waals surface area contributed by atoms with Crippen molar-refractivity contribution in [2.24, 2.45) is 0 Å². The minimum atomic E-state index is -4.84. The van der Waals surface area contributed by atoms with Crippen LogP contribution in [0, 0.1) is 5.82 Å². The Labute approximate surface area is 178 Å². The van der Waals surface area contributed by atoms with Crippen molar-refractivity contribution < 1.29 is 35.9 Å². The third kappa shape index (κ3) is 5.01. The average molecular weight is 454 g/mol. The summed E-state index contributed by atoms with van der Waals surface area (Å²) in [6.07, 6.45) is -3.46. The van der Waals surface area contributed by atoms with Gasteiger partial charge in [-0.15, -0.1) is 0 Å².